The van der Waals surface area contributed by atoms with Crippen molar-refractivity contribution in [3.8, 4) is 0 Å². The van der Waals surface area contributed by atoms with E-state index in [1.165, 1.54) is 0 Å². The Labute approximate surface area is 243 Å². The van der Waals surface area contributed by atoms with Crippen LogP contribution in [0.2, 0.25) is 0 Å². The van der Waals surface area contributed by atoms with E-state index in [4.69, 9.17) is 42.6 Å². The van der Waals surface area contributed by atoms with Gasteiger partial charge in [-0.3, -0.25) is 0 Å². The van der Waals surface area contributed by atoms with Crippen LogP contribution in [0.1, 0.15) is 27.7 Å². The Morgan fingerprint density at radius 2 is 0.829 bits per heavy atom. The van der Waals surface area contributed by atoms with Gasteiger partial charge in [0.2, 0.25) is 0 Å². The topological polar surface area (TPSA) is 134 Å². The lowest BCUT2D eigenvalue weighted by molar-refractivity contribution is -0.140. The first-order valence-electron chi connectivity index (χ1n) is 13.5. The Balaban J connectivity index is 4.67. The quantitative estimate of drug-likeness (QED) is 0.0604. The summed E-state index contributed by atoms with van der Waals surface area (Å²) in [6.45, 7) is 20.6. The Kier molecular flexibility index (Phi) is 22.5. The number of hydrogen-bond donors (Lipinski definition) is 0. The van der Waals surface area contributed by atoms with Crippen LogP contribution in [0.3, 0.4) is 0 Å². The summed E-state index contributed by atoms with van der Waals surface area (Å²) in [5.74, 6) is -1.50. The molecular weight excluding hydrogens is 540 g/mol. The number of hydrogen-bond acceptors (Lipinski definition) is 12. The van der Waals surface area contributed by atoms with Crippen molar-refractivity contribution >= 4 is 17.9 Å². The number of carbonyl (C=O) groups is 3. The molecule has 0 aromatic heterocycles. The molecule has 236 valence electrons. The minimum absolute atomic E-state index is 0.129. The summed E-state index contributed by atoms with van der Waals surface area (Å²) in [5, 5.41) is 0. The second-order valence-corrected chi connectivity index (χ2v) is 9.52. The van der Waals surface area contributed by atoms with Crippen molar-refractivity contribution in [2.75, 3.05) is 79.3 Å². The highest BCUT2D eigenvalue weighted by molar-refractivity contribution is 5.81. The molecule has 12 nitrogen and oxygen atoms in total. The highest BCUT2D eigenvalue weighted by atomic mass is 16.6. The van der Waals surface area contributed by atoms with Gasteiger partial charge in [-0.1, -0.05) is 26.7 Å². The number of esters is 3. The van der Waals surface area contributed by atoms with Crippen molar-refractivity contribution in [2.45, 2.75) is 46.0 Å². The van der Waals surface area contributed by atoms with E-state index < -0.39 is 23.3 Å². The van der Waals surface area contributed by atoms with Crippen molar-refractivity contribution in [2.24, 2.45) is 5.41 Å². The summed E-state index contributed by atoms with van der Waals surface area (Å²) in [5.41, 5.74) is -0.519. The average Bonchev–Trinajstić information content (AvgIpc) is 2.97. The molecule has 0 aliphatic heterocycles. The molecule has 3 atom stereocenters. The maximum atomic E-state index is 11.1. The molecule has 0 N–H and O–H groups in total. The summed E-state index contributed by atoms with van der Waals surface area (Å²) in [7, 11) is 0. The summed E-state index contributed by atoms with van der Waals surface area (Å²) in [6.07, 6.45) is 2.59. The van der Waals surface area contributed by atoms with Crippen LogP contribution in [0.4, 0.5) is 0 Å². The SMILES string of the molecule is C=CC(=O)OCCOCC(C)OCC(C)(COC(C)COCCOC(=O)C=C)COC(C)COCCOC(=O)C=C. The fraction of sp³-hybridized carbons (Fsp3) is 0.690. The number of carbonyl (C=O) groups excluding carboxylic acids is 3. The molecule has 0 bridgehead atoms. The minimum Gasteiger partial charge on any atom is -0.460 e. The van der Waals surface area contributed by atoms with Crippen molar-refractivity contribution < 1.29 is 57.0 Å². The van der Waals surface area contributed by atoms with Crippen LogP contribution in [0, 0.1) is 5.41 Å². The van der Waals surface area contributed by atoms with Crippen LogP contribution >= 0.6 is 0 Å². The van der Waals surface area contributed by atoms with Gasteiger partial charge in [0.15, 0.2) is 0 Å². The van der Waals surface area contributed by atoms with E-state index >= 15 is 0 Å². The monoisotopic (exact) mass is 588 g/mol. The van der Waals surface area contributed by atoms with Crippen LogP contribution in [0.25, 0.3) is 0 Å². The van der Waals surface area contributed by atoms with E-state index in [1.54, 1.807) is 0 Å². The standard InChI is InChI=1S/C29H48O12/c1-8-26(30)36-14-11-33-17-23(4)39-20-29(7,21-40-24(5)18-34-12-15-37-27(31)9-2)22-41-25(6)19-35-13-16-38-28(32)10-3/h8-10,23-25H,1-3,11-22H2,4-7H3. The predicted molar refractivity (Wildman–Crippen MR) is 150 cm³/mol. The zero-order valence-corrected chi connectivity index (χ0v) is 25.0. The number of ether oxygens (including phenoxy) is 9. The molecule has 0 heterocycles. The fourth-order valence-electron chi connectivity index (χ4n) is 2.83. The van der Waals surface area contributed by atoms with E-state index in [1.807, 2.05) is 27.7 Å². The first-order chi connectivity index (χ1) is 19.5. The summed E-state index contributed by atoms with van der Waals surface area (Å²) >= 11 is 0. The first kappa shape index (κ1) is 38.4. The lowest BCUT2D eigenvalue weighted by Gasteiger charge is -2.32. The highest BCUT2D eigenvalue weighted by Gasteiger charge is 2.29. The van der Waals surface area contributed by atoms with E-state index in [0.717, 1.165) is 18.2 Å². The van der Waals surface area contributed by atoms with Gasteiger partial charge in [0.25, 0.3) is 0 Å². The molecule has 0 aliphatic rings. The number of rotatable bonds is 27. The second kappa shape index (κ2) is 24.0. The molecule has 41 heavy (non-hydrogen) atoms. The van der Waals surface area contributed by atoms with Gasteiger partial charge in [0, 0.05) is 23.6 Å². The minimum atomic E-state index is -0.519. The van der Waals surface area contributed by atoms with Crippen molar-refractivity contribution in [1.29, 1.82) is 0 Å². The van der Waals surface area contributed by atoms with Crippen LogP contribution < -0.4 is 0 Å². The Morgan fingerprint density at radius 1 is 0.561 bits per heavy atom. The molecule has 0 saturated heterocycles. The van der Waals surface area contributed by atoms with Crippen LogP contribution in [0.15, 0.2) is 38.0 Å². The van der Waals surface area contributed by atoms with Crippen molar-refractivity contribution in [3.05, 3.63) is 38.0 Å². The maximum absolute atomic E-state index is 11.1. The van der Waals surface area contributed by atoms with Gasteiger partial charge in [-0.05, 0) is 20.8 Å². The molecule has 0 spiro atoms. The normalized spacial score (nSPS) is 14.6. The van der Waals surface area contributed by atoms with Crippen molar-refractivity contribution in [1.82, 2.24) is 0 Å². The molecule has 3 unspecified atom stereocenters. The molecule has 0 aliphatic carbocycles. The zero-order valence-electron chi connectivity index (χ0n) is 25.0. The molecule has 0 fully saturated rings. The molecular formula is C29H48O12. The smallest absolute Gasteiger partial charge is 0.330 e. The van der Waals surface area contributed by atoms with E-state index in [9.17, 15) is 14.4 Å². The predicted octanol–water partition coefficient (Wildman–Crippen LogP) is 2.45. The van der Waals surface area contributed by atoms with Gasteiger partial charge in [-0.2, -0.15) is 0 Å². The van der Waals surface area contributed by atoms with Crippen molar-refractivity contribution in [3.63, 3.8) is 0 Å². The molecule has 0 saturated carbocycles. The average molecular weight is 589 g/mol. The Bertz CT molecular complexity index is 671. The lowest BCUT2D eigenvalue weighted by atomic mass is 9.94. The third kappa shape index (κ3) is 22.7. The molecule has 0 rings (SSSR count). The van der Waals surface area contributed by atoms with Gasteiger partial charge in [0.1, 0.15) is 19.8 Å². The van der Waals surface area contributed by atoms with Gasteiger partial charge >= 0.3 is 17.9 Å². The molecule has 0 radical (unpaired) electrons. The maximum Gasteiger partial charge on any atom is 0.330 e. The highest BCUT2D eigenvalue weighted by Crippen LogP contribution is 2.21. The van der Waals surface area contributed by atoms with Crippen LogP contribution in [0.5, 0.6) is 0 Å². The fourth-order valence-corrected chi connectivity index (χ4v) is 2.83. The lowest BCUT2D eigenvalue weighted by Crippen LogP contribution is -2.39. The molecule has 12 heteroatoms. The molecule has 0 aromatic rings. The summed E-state index contributed by atoms with van der Waals surface area (Å²) in [6, 6.07) is 0. The summed E-state index contributed by atoms with van der Waals surface area (Å²) in [4.78, 5) is 33.3. The van der Waals surface area contributed by atoms with E-state index in [2.05, 4.69) is 19.7 Å². The van der Waals surface area contributed by atoms with Crippen LogP contribution in [-0.4, -0.2) is 116 Å². The molecule has 0 amide bonds. The summed E-state index contributed by atoms with van der Waals surface area (Å²) < 4.78 is 49.3. The van der Waals surface area contributed by atoms with E-state index in [-0.39, 0.29) is 58.0 Å². The molecule has 0 aromatic carbocycles. The zero-order chi connectivity index (χ0) is 30.9. The van der Waals surface area contributed by atoms with Gasteiger partial charge in [0.05, 0.1) is 77.8 Å². The third-order valence-electron chi connectivity index (χ3n) is 5.12. The van der Waals surface area contributed by atoms with Crippen LogP contribution in [-0.2, 0) is 57.0 Å². The van der Waals surface area contributed by atoms with Gasteiger partial charge in [-0.25, -0.2) is 14.4 Å². The van der Waals surface area contributed by atoms with E-state index in [0.29, 0.717) is 39.6 Å². The first-order valence-corrected chi connectivity index (χ1v) is 13.5. The van der Waals surface area contributed by atoms with Gasteiger partial charge < -0.3 is 42.6 Å². The third-order valence-corrected chi connectivity index (χ3v) is 5.12. The Morgan fingerprint density at radius 3 is 1.07 bits per heavy atom. The van der Waals surface area contributed by atoms with Gasteiger partial charge in [-0.15, -0.1) is 0 Å². The second-order valence-electron chi connectivity index (χ2n) is 9.52. The Hall–Kier alpha value is -2.61. The largest absolute Gasteiger partial charge is 0.460 e.